The van der Waals surface area contributed by atoms with Crippen LogP contribution in [0.2, 0.25) is 0 Å². The van der Waals surface area contributed by atoms with Crippen molar-refractivity contribution in [3.63, 3.8) is 0 Å². The van der Waals surface area contributed by atoms with Gasteiger partial charge in [0.05, 0.1) is 5.69 Å². The van der Waals surface area contributed by atoms with Gasteiger partial charge in [0.1, 0.15) is 12.0 Å². The quantitative estimate of drug-likeness (QED) is 0.641. The molecule has 0 saturated carbocycles. The highest BCUT2D eigenvalue weighted by Gasteiger charge is 2.11. The summed E-state index contributed by atoms with van der Waals surface area (Å²) >= 11 is 0. The van der Waals surface area contributed by atoms with E-state index in [0.717, 1.165) is 42.3 Å². The van der Waals surface area contributed by atoms with Crippen molar-refractivity contribution in [3.8, 4) is 11.5 Å². The first kappa shape index (κ1) is 15.9. The van der Waals surface area contributed by atoms with Crippen molar-refractivity contribution in [3.05, 3.63) is 42.6 Å². The summed E-state index contributed by atoms with van der Waals surface area (Å²) < 4.78 is 1.71. The fraction of sp³-hybridized carbons (Fsp3) is 0.312. The third kappa shape index (κ3) is 3.83. The maximum Gasteiger partial charge on any atom is 0.223 e. The van der Waals surface area contributed by atoms with Crippen LogP contribution in [0.3, 0.4) is 0 Å². The van der Waals surface area contributed by atoms with Crippen molar-refractivity contribution in [1.82, 2.24) is 29.7 Å². The summed E-state index contributed by atoms with van der Waals surface area (Å²) in [4.78, 5) is 17.2. The lowest BCUT2D eigenvalue weighted by atomic mass is 10.2. The number of aryl methyl sites for hydroxylation is 2. The summed E-state index contributed by atoms with van der Waals surface area (Å²) in [5.74, 6) is 1.33. The molecule has 124 valence electrons. The lowest BCUT2D eigenvalue weighted by Gasteiger charge is -2.09. The van der Waals surface area contributed by atoms with Crippen molar-refractivity contribution < 1.29 is 0 Å². The predicted molar refractivity (Wildman–Crippen MR) is 92.6 cm³/mol. The molecule has 3 heterocycles. The second kappa shape index (κ2) is 7.49. The minimum absolute atomic E-state index is 0.597. The smallest absolute Gasteiger partial charge is 0.223 e. The van der Waals surface area contributed by atoms with Gasteiger partial charge in [0.25, 0.3) is 0 Å². The fourth-order valence-corrected chi connectivity index (χ4v) is 2.25. The van der Waals surface area contributed by atoms with E-state index in [1.54, 1.807) is 17.1 Å². The fourth-order valence-electron chi connectivity index (χ4n) is 2.25. The zero-order valence-electron chi connectivity index (χ0n) is 13.8. The van der Waals surface area contributed by atoms with E-state index in [4.69, 9.17) is 0 Å². The number of rotatable bonds is 7. The first-order chi connectivity index (χ1) is 11.7. The standard InChI is InChI=1S/C16H20N8/c1-12-9-20-16(23-14(12)15-21-11-22-24(15)2)19-8-4-7-18-13-5-3-6-17-10-13/h3,5-6,9-11,18H,4,7-8H2,1-2H3,(H,19,20,23). The van der Waals surface area contributed by atoms with E-state index < -0.39 is 0 Å². The van der Waals surface area contributed by atoms with Gasteiger partial charge in [-0.15, -0.1) is 0 Å². The average Bonchev–Trinajstić information content (AvgIpc) is 3.03. The Balaban J connectivity index is 1.53. The van der Waals surface area contributed by atoms with E-state index in [9.17, 15) is 0 Å². The molecule has 0 spiro atoms. The van der Waals surface area contributed by atoms with Crippen LogP contribution in [-0.4, -0.2) is 42.8 Å². The lowest BCUT2D eigenvalue weighted by molar-refractivity contribution is 0.770. The number of anilines is 2. The van der Waals surface area contributed by atoms with E-state index in [0.29, 0.717) is 5.95 Å². The molecule has 0 unspecified atom stereocenters. The molecule has 0 radical (unpaired) electrons. The Hall–Kier alpha value is -3.03. The van der Waals surface area contributed by atoms with Gasteiger partial charge < -0.3 is 10.6 Å². The summed E-state index contributed by atoms with van der Waals surface area (Å²) in [6, 6.07) is 3.91. The summed E-state index contributed by atoms with van der Waals surface area (Å²) in [7, 11) is 1.85. The third-order valence-electron chi connectivity index (χ3n) is 3.52. The summed E-state index contributed by atoms with van der Waals surface area (Å²) in [5, 5.41) is 10.7. The Morgan fingerprint density at radius 2 is 2.00 bits per heavy atom. The largest absolute Gasteiger partial charge is 0.384 e. The molecule has 8 heteroatoms. The molecule has 24 heavy (non-hydrogen) atoms. The van der Waals surface area contributed by atoms with E-state index in [1.165, 1.54) is 6.33 Å². The summed E-state index contributed by atoms with van der Waals surface area (Å²) in [5.41, 5.74) is 2.78. The first-order valence-electron chi connectivity index (χ1n) is 7.80. The highest BCUT2D eigenvalue weighted by Crippen LogP contribution is 2.18. The Kier molecular flexibility index (Phi) is 4.95. The molecule has 3 rings (SSSR count). The van der Waals surface area contributed by atoms with Gasteiger partial charge in [-0.2, -0.15) is 5.10 Å². The van der Waals surface area contributed by atoms with Crippen molar-refractivity contribution >= 4 is 11.6 Å². The third-order valence-corrected chi connectivity index (χ3v) is 3.52. The molecule has 0 atom stereocenters. The zero-order chi connectivity index (χ0) is 16.8. The number of pyridine rings is 1. The molecule has 0 amide bonds. The Morgan fingerprint density at radius 1 is 1.12 bits per heavy atom. The Bertz CT molecular complexity index is 784. The molecule has 0 aliphatic heterocycles. The second-order valence-corrected chi connectivity index (χ2v) is 5.38. The van der Waals surface area contributed by atoms with Crippen LogP contribution in [0.1, 0.15) is 12.0 Å². The zero-order valence-corrected chi connectivity index (χ0v) is 13.8. The van der Waals surface area contributed by atoms with E-state index in [1.807, 2.05) is 32.3 Å². The van der Waals surface area contributed by atoms with Crippen LogP contribution in [0, 0.1) is 6.92 Å². The van der Waals surface area contributed by atoms with Crippen LogP contribution < -0.4 is 10.6 Å². The molecule has 0 saturated heterocycles. The summed E-state index contributed by atoms with van der Waals surface area (Å²) in [6.45, 7) is 3.58. The molecule has 0 aromatic carbocycles. The van der Waals surface area contributed by atoms with E-state index in [2.05, 4.69) is 35.7 Å². The van der Waals surface area contributed by atoms with Gasteiger partial charge >= 0.3 is 0 Å². The van der Waals surface area contributed by atoms with Gasteiger partial charge in [-0.25, -0.2) is 19.6 Å². The lowest BCUT2D eigenvalue weighted by Crippen LogP contribution is -2.11. The number of nitrogens with one attached hydrogen (secondary N) is 2. The molecule has 3 aromatic rings. The minimum atomic E-state index is 0.597. The molecule has 8 nitrogen and oxygen atoms in total. The van der Waals surface area contributed by atoms with Gasteiger partial charge in [0, 0.05) is 38.7 Å². The van der Waals surface area contributed by atoms with Crippen LogP contribution in [0.4, 0.5) is 11.6 Å². The highest BCUT2D eigenvalue weighted by molar-refractivity contribution is 5.55. The average molecular weight is 324 g/mol. The van der Waals surface area contributed by atoms with Crippen molar-refractivity contribution in [2.45, 2.75) is 13.3 Å². The Morgan fingerprint density at radius 3 is 2.75 bits per heavy atom. The van der Waals surface area contributed by atoms with E-state index >= 15 is 0 Å². The van der Waals surface area contributed by atoms with Gasteiger partial charge in [-0.05, 0) is 31.0 Å². The van der Waals surface area contributed by atoms with Crippen LogP contribution in [0.25, 0.3) is 11.5 Å². The number of nitrogens with zero attached hydrogens (tertiary/aromatic N) is 6. The van der Waals surface area contributed by atoms with Gasteiger partial charge in [-0.1, -0.05) is 0 Å². The first-order valence-corrected chi connectivity index (χ1v) is 7.80. The van der Waals surface area contributed by atoms with Crippen molar-refractivity contribution in [1.29, 1.82) is 0 Å². The van der Waals surface area contributed by atoms with Crippen molar-refractivity contribution in [2.75, 3.05) is 23.7 Å². The molecule has 2 N–H and O–H groups in total. The number of hydrogen-bond acceptors (Lipinski definition) is 7. The number of hydrogen-bond donors (Lipinski definition) is 2. The molecule has 0 bridgehead atoms. The van der Waals surface area contributed by atoms with Gasteiger partial charge in [-0.3, -0.25) is 4.98 Å². The number of aromatic nitrogens is 6. The van der Waals surface area contributed by atoms with Crippen LogP contribution in [0.5, 0.6) is 0 Å². The monoisotopic (exact) mass is 324 g/mol. The topological polar surface area (TPSA) is 93.4 Å². The Labute approximate surface area is 140 Å². The molecule has 3 aromatic heterocycles. The van der Waals surface area contributed by atoms with Gasteiger partial charge in [0.2, 0.25) is 5.95 Å². The molecular weight excluding hydrogens is 304 g/mol. The van der Waals surface area contributed by atoms with Crippen molar-refractivity contribution in [2.24, 2.45) is 7.05 Å². The minimum Gasteiger partial charge on any atom is -0.384 e. The van der Waals surface area contributed by atoms with Crippen LogP contribution in [0.15, 0.2) is 37.1 Å². The predicted octanol–water partition coefficient (Wildman–Crippen LogP) is 1.89. The maximum absolute atomic E-state index is 4.56. The highest BCUT2D eigenvalue weighted by atomic mass is 15.3. The second-order valence-electron chi connectivity index (χ2n) is 5.38. The molecule has 0 fully saturated rings. The van der Waals surface area contributed by atoms with Crippen LogP contribution in [-0.2, 0) is 7.05 Å². The molecule has 0 aliphatic rings. The SMILES string of the molecule is Cc1cnc(NCCCNc2cccnc2)nc1-c1ncnn1C. The summed E-state index contributed by atoms with van der Waals surface area (Å²) in [6.07, 6.45) is 7.83. The van der Waals surface area contributed by atoms with Gasteiger partial charge in [0.15, 0.2) is 5.82 Å². The normalized spacial score (nSPS) is 10.6. The molecule has 0 aliphatic carbocycles. The van der Waals surface area contributed by atoms with E-state index in [-0.39, 0.29) is 0 Å². The van der Waals surface area contributed by atoms with Crippen LogP contribution >= 0.6 is 0 Å². The molecular formula is C16H20N8. The maximum atomic E-state index is 4.56.